The van der Waals surface area contributed by atoms with Crippen molar-refractivity contribution in [3.63, 3.8) is 0 Å². The standard InChI is InChI=1S/C9H5BrClN5/c10-5-1-2-6-7(8(5)11)4(3-12-6)9-13-15-16-14-9/h1-3,12H,(H,13,14,15,16). The molecule has 1 aromatic carbocycles. The Kier molecular flexibility index (Phi) is 2.19. The zero-order valence-corrected chi connectivity index (χ0v) is 10.2. The second-order valence-corrected chi connectivity index (χ2v) is 4.45. The van der Waals surface area contributed by atoms with Gasteiger partial charge in [0, 0.05) is 27.1 Å². The van der Waals surface area contributed by atoms with Crippen LogP contribution in [0.25, 0.3) is 22.3 Å². The first kappa shape index (κ1) is 9.80. The number of H-pyrrole nitrogens is 2. The molecule has 2 N–H and O–H groups in total. The van der Waals surface area contributed by atoms with Gasteiger partial charge in [0.2, 0.25) is 5.82 Å². The highest BCUT2D eigenvalue weighted by Crippen LogP contribution is 2.36. The summed E-state index contributed by atoms with van der Waals surface area (Å²) < 4.78 is 0.839. The van der Waals surface area contributed by atoms with E-state index < -0.39 is 0 Å². The molecular weight excluding hydrogens is 293 g/mol. The fourth-order valence-corrected chi connectivity index (χ4v) is 2.21. The highest BCUT2D eigenvalue weighted by Gasteiger charge is 2.14. The Hall–Kier alpha value is -1.40. The number of halogens is 2. The van der Waals surface area contributed by atoms with E-state index in [0.717, 1.165) is 20.9 Å². The molecule has 0 spiro atoms. The minimum absolute atomic E-state index is 0.520. The maximum absolute atomic E-state index is 6.24. The molecule has 80 valence electrons. The zero-order chi connectivity index (χ0) is 11.1. The number of hydrogen-bond acceptors (Lipinski definition) is 3. The average Bonchev–Trinajstić information content (AvgIpc) is 2.91. The summed E-state index contributed by atoms with van der Waals surface area (Å²) >= 11 is 9.62. The fraction of sp³-hybridized carbons (Fsp3) is 0. The maximum atomic E-state index is 6.24. The van der Waals surface area contributed by atoms with Crippen LogP contribution in [0, 0.1) is 0 Å². The number of rotatable bonds is 1. The van der Waals surface area contributed by atoms with Crippen LogP contribution in [0.2, 0.25) is 5.02 Å². The van der Waals surface area contributed by atoms with Gasteiger partial charge in [-0.3, -0.25) is 0 Å². The number of tetrazole rings is 1. The topological polar surface area (TPSA) is 70.2 Å². The van der Waals surface area contributed by atoms with Crippen molar-refractivity contribution in [1.82, 2.24) is 25.6 Å². The van der Waals surface area contributed by atoms with E-state index in [9.17, 15) is 0 Å². The molecule has 16 heavy (non-hydrogen) atoms. The van der Waals surface area contributed by atoms with E-state index in [1.807, 2.05) is 18.3 Å². The molecule has 3 aromatic rings. The Labute approximate surface area is 103 Å². The number of fused-ring (bicyclic) bond motifs is 1. The van der Waals surface area contributed by atoms with E-state index in [1.165, 1.54) is 0 Å². The van der Waals surface area contributed by atoms with Crippen LogP contribution in [0.1, 0.15) is 0 Å². The van der Waals surface area contributed by atoms with Crippen molar-refractivity contribution in [2.75, 3.05) is 0 Å². The molecule has 0 aliphatic carbocycles. The molecule has 0 saturated carbocycles. The molecule has 0 radical (unpaired) electrons. The smallest absolute Gasteiger partial charge is 0.206 e. The third-order valence-corrected chi connectivity index (χ3v) is 3.60. The lowest BCUT2D eigenvalue weighted by atomic mass is 10.1. The van der Waals surface area contributed by atoms with Gasteiger partial charge in [0.15, 0.2) is 0 Å². The van der Waals surface area contributed by atoms with Crippen LogP contribution < -0.4 is 0 Å². The molecule has 0 atom stereocenters. The Morgan fingerprint density at radius 1 is 1.31 bits per heavy atom. The van der Waals surface area contributed by atoms with Crippen molar-refractivity contribution in [3.05, 3.63) is 27.8 Å². The average molecular weight is 299 g/mol. The first-order valence-corrected chi connectivity index (χ1v) is 5.63. The molecular formula is C9H5BrClN5. The number of nitrogens with zero attached hydrogens (tertiary/aromatic N) is 3. The fourth-order valence-electron chi connectivity index (χ4n) is 1.61. The minimum atomic E-state index is 0.520. The molecule has 2 aromatic heterocycles. The van der Waals surface area contributed by atoms with Gasteiger partial charge in [-0.05, 0) is 33.3 Å². The van der Waals surface area contributed by atoms with Gasteiger partial charge in [0.05, 0.1) is 5.02 Å². The molecule has 0 bridgehead atoms. The van der Waals surface area contributed by atoms with Gasteiger partial charge in [-0.25, -0.2) is 0 Å². The summed E-state index contributed by atoms with van der Waals surface area (Å²) in [6.07, 6.45) is 1.81. The van der Waals surface area contributed by atoms with E-state index in [0.29, 0.717) is 10.8 Å². The summed E-state index contributed by atoms with van der Waals surface area (Å²) in [5.74, 6) is 0.520. The van der Waals surface area contributed by atoms with Crippen molar-refractivity contribution in [1.29, 1.82) is 0 Å². The highest BCUT2D eigenvalue weighted by molar-refractivity contribution is 9.10. The molecule has 0 unspecified atom stereocenters. The summed E-state index contributed by atoms with van der Waals surface area (Å²) in [5, 5.41) is 15.4. The summed E-state index contributed by atoms with van der Waals surface area (Å²) in [6, 6.07) is 3.83. The minimum Gasteiger partial charge on any atom is -0.360 e. The molecule has 3 rings (SSSR count). The van der Waals surface area contributed by atoms with Crippen molar-refractivity contribution in [2.24, 2.45) is 0 Å². The first-order chi connectivity index (χ1) is 7.77. The van der Waals surface area contributed by atoms with Crippen molar-refractivity contribution in [2.45, 2.75) is 0 Å². The molecule has 7 heteroatoms. The Morgan fingerprint density at radius 2 is 2.19 bits per heavy atom. The van der Waals surface area contributed by atoms with Crippen molar-refractivity contribution < 1.29 is 0 Å². The monoisotopic (exact) mass is 297 g/mol. The molecule has 2 heterocycles. The lowest BCUT2D eigenvalue weighted by molar-refractivity contribution is 0.881. The van der Waals surface area contributed by atoms with Crippen LogP contribution in [0.5, 0.6) is 0 Å². The number of nitrogens with one attached hydrogen (secondary N) is 2. The summed E-state index contributed by atoms with van der Waals surface area (Å²) in [4.78, 5) is 3.12. The number of hydrogen-bond donors (Lipinski definition) is 2. The van der Waals surface area contributed by atoms with E-state index in [-0.39, 0.29) is 0 Å². The third kappa shape index (κ3) is 1.34. The predicted molar refractivity (Wildman–Crippen MR) is 64.2 cm³/mol. The number of aromatic nitrogens is 5. The SMILES string of the molecule is Clc1c(Br)ccc2[nH]cc(-c3nn[nH]n3)c12. The van der Waals surface area contributed by atoms with Crippen LogP contribution >= 0.6 is 27.5 Å². The van der Waals surface area contributed by atoms with Crippen molar-refractivity contribution >= 4 is 38.4 Å². The first-order valence-electron chi connectivity index (χ1n) is 4.46. The van der Waals surface area contributed by atoms with Crippen LogP contribution in [-0.4, -0.2) is 25.6 Å². The van der Waals surface area contributed by atoms with E-state index in [4.69, 9.17) is 11.6 Å². The van der Waals surface area contributed by atoms with Gasteiger partial charge in [-0.15, -0.1) is 10.2 Å². The molecule has 0 fully saturated rings. The molecule has 0 saturated heterocycles. The Bertz CT molecular complexity index is 645. The van der Waals surface area contributed by atoms with Gasteiger partial charge in [0.25, 0.3) is 0 Å². The van der Waals surface area contributed by atoms with Crippen molar-refractivity contribution in [3.8, 4) is 11.4 Å². The number of benzene rings is 1. The predicted octanol–water partition coefficient (Wildman–Crippen LogP) is 2.76. The maximum Gasteiger partial charge on any atom is 0.206 e. The molecule has 5 nitrogen and oxygen atoms in total. The quantitative estimate of drug-likeness (QED) is 0.725. The zero-order valence-electron chi connectivity index (χ0n) is 7.83. The van der Waals surface area contributed by atoms with E-state index in [2.05, 4.69) is 41.5 Å². The van der Waals surface area contributed by atoms with Crippen LogP contribution in [-0.2, 0) is 0 Å². The van der Waals surface area contributed by atoms with Crippen LogP contribution in [0.3, 0.4) is 0 Å². The van der Waals surface area contributed by atoms with Gasteiger partial charge in [-0.1, -0.05) is 11.6 Å². The molecule has 0 amide bonds. The normalized spacial score (nSPS) is 11.1. The van der Waals surface area contributed by atoms with E-state index in [1.54, 1.807) is 0 Å². The van der Waals surface area contributed by atoms with Gasteiger partial charge in [-0.2, -0.15) is 5.21 Å². The second kappa shape index (κ2) is 3.57. The lowest BCUT2D eigenvalue weighted by Gasteiger charge is -1.99. The molecule has 0 aliphatic rings. The molecule has 0 aliphatic heterocycles. The van der Waals surface area contributed by atoms with Gasteiger partial charge >= 0.3 is 0 Å². The van der Waals surface area contributed by atoms with Gasteiger partial charge in [0.1, 0.15) is 0 Å². The Balaban J connectivity index is 2.39. The largest absolute Gasteiger partial charge is 0.360 e. The summed E-state index contributed by atoms with van der Waals surface area (Å²) in [7, 11) is 0. The van der Waals surface area contributed by atoms with Gasteiger partial charge < -0.3 is 4.98 Å². The summed E-state index contributed by atoms with van der Waals surface area (Å²) in [5.41, 5.74) is 1.77. The lowest BCUT2D eigenvalue weighted by Crippen LogP contribution is -1.80. The van der Waals surface area contributed by atoms with Crippen LogP contribution in [0.4, 0.5) is 0 Å². The van der Waals surface area contributed by atoms with Crippen LogP contribution in [0.15, 0.2) is 22.8 Å². The second-order valence-electron chi connectivity index (χ2n) is 3.22. The third-order valence-electron chi connectivity index (χ3n) is 2.32. The summed E-state index contributed by atoms with van der Waals surface area (Å²) in [6.45, 7) is 0. The highest BCUT2D eigenvalue weighted by atomic mass is 79.9. The Morgan fingerprint density at radius 3 is 2.94 bits per heavy atom. The number of aromatic amines is 2. The van der Waals surface area contributed by atoms with E-state index >= 15 is 0 Å².